The predicted octanol–water partition coefficient (Wildman–Crippen LogP) is 7.25. The number of halogens is 1. The van der Waals surface area contributed by atoms with Crippen molar-refractivity contribution < 1.29 is 18.4 Å². The van der Waals surface area contributed by atoms with Crippen molar-refractivity contribution in [2.24, 2.45) is 0 Å². The third-order valence-electron chi connectivity index (χ3n) is 7.72. The Morgan fingerprint density at radius 3 is 2.23 bits per heavy atom. The molecular weight excluding hydrogens is 503 g/mol. The van der Waals surface area contributed by atoms with E-state index in [9.17, 15) is 14.0 Å². The van der Waals surface area contributed by atoms with Crippen LogP contribution in [0.25, 0.3) is 33.4 Å². The molecule has 4 aromatic carbocycles. The lowest BCUT2D eigenvalue weighted by Crippen LogP contribution is -2.34. The molecule has 0 aliphatic heterocycles. The molecular formula is C34H29FN2O3. The van der Waals surface area contributed by atoms with Crippen LogP contribution >= 0.6 is 0 Å². The number of aryl methyl sites for hydroxylation is 1. The lowest BCUT2D eigenvalue weighted by Gasteiger charge is -2.19. The maximum Gasteiger partial charge on any atom is 0.255 e. The first kappa shape index (κ1) is 25.6. The molecule has 1 heterocycles. The number of carbonyl (C=O) groups is 2. The predicted molar refractivity (Wildman–Crippen MR) is 155 cm³/mol. The van der Waals surface area contributed by atoms with E-state index in [0.717, 1.165) is 36.0 Å². The molecule has 0 spiro atoms. The van der Waals surface area contributed by atoms with E-state index in [-0.39, 0.29) is 23.2 Å². The van der Waals surface area contributed by atoms with Gasteiger partial charge in [0.1, 0.15) is 17.2 Å². The fourth-order valence-corrected chi connectivity index (χ4v) is 5.23. The molecule has 1 aliphatic rings. The summed E-state index contributed by atoms with van der Waals surface area (Å²) in [6, 6.07) is 27.4. The summed E-state index contributed by atoms with van der Waals surface area (Å²) >= 11 is 0. The second-order valence-electron chi connectivity index (χ2n) is 10.3. The number of fused-ring (bicyclic) bond motifs is 1. The summed E-state index contributed by atoms with van der Waals surface area (Å²) in [5.74, 6) is -0.408. The van der Waals surface area contributed by atoms with Crippen molar-refractivity contribution in [1.82, 2.24) is 10.6 Å². The molecule has 2 N–H and O–H groups in total. The van der Waals surface area contributed by atoms with Crippen molar-refractivity contribution in [3.8, 4) is 22.5 Å². The number of hydrogen-bond donors (Lipinski definition) is 2. The van der Waals surface area contributed by atoms with Gasteiger partial charge >= 0.3 is 0 Å². The van der Waals surface area contributed by atoms with E-state index in [1.165, 1.54) is 17.7 Å². The summed E-state index contributed by atoms with van der Waals surface area (Å²) in [6.45, 7) is 2.13. The molecule has 1 aliphatic carbocycles. The van der Waals surface area contributed by atoms with Crippen LogP contribution in [0, 0.1) is 5.82 Å². The molecule has 5 nitrogen and oxygen atoms in total. The molecule has 40 heavy (non-hydrogen) atoms. The standard InChI is InChI=1S/C34H29FN2O3/c1-3-21-7-12-26(13-8-21)34(17-18-34)37-32(38)25-6-4-5-23(19-25)24-11-16-29-28(20-24)30(33(39)36-2)31(40-29)22-9-14-27(35)15-10-22/h4-16,19-20H,3,17-18H2,1-2H3,(H,36,39)(H,37,38). The molecule has 6 rings (SSSR count). The van der Waals surface area contributed by atoms with Gasteiger partial charge in [-0.25, -0.2) is 4.39 Å². The van der Waals surface area contributed by atoms with Crippen molar-refractivity contribution in [2.75, 3.05) is 7.05 Å². The molecule has 0 saturated heterocycles. The van der Waals surface area contributed by atoms with Crippen LogP contribution in [0.2, 0.25) is 0 Å². The molecule has 200 valence electrons. The van der Waals surface area contributed by atoms with Crippen molar-refractivity contribution in [2.45, 2.75) is 31.7 Å². The van der Waals surface area contributed by atoms with Crippen LogP contribution in [0.15, 0.2) is 95.4 Å². The van der Waals surface area contributed by atoms with Gasteiger partial charge in [-0.2, -0.15) is 0 Å². The van der Waals surface area contributed by atoms with Gasteiger partial charge in [0.05, 0.1) is 11.1 Å². The Morgan fingerprint density at radius 1 is 0.850 bits per heavy atom. The molecule has 0 bridgehead atoms. The summed E-state index contributed by atoms with van der Waals surface area (Å²) < 4.78 is 19.6. The van der Waals surface area contributed by atoms with E-state index in [2.05, 4.69) is 41.8 Å². The van der Waals surface area contributed by atoms with Gasteiger partial charge in [-0.1, -0.05) is 49.4 Å². The Hall–Kier alpha value is -4.71. The maximum atomic E-state index is 13.5. The van der Waals surface area contributed by atoms with Crippen LogP contribution in [0.5, 0.6) is 0 Å². The largest absolute Gasteiger partial charge is 0.455 e. The number of furan rings is 1. The molecule has 0 atom stereocenters. The smallest absolute Gasteiger partial charge is 0.255 e. The normalized spacial score (nSPS) is 13.7. The Bertz CT molecular complexity index is 1730. The van der Waals surface area contributed by atoms with Gasteiger partial charge in [-0.3, -0.25) is 9.59 Å². The first-order chi connectivity index (χ1) is 19.4. The molecule has 1 saturated carbocycles. The van der Waals surface area contributed by atoms with Gasteiger partial charge in [0.15, 0.2) is 0 Å². The Labute approximate surface area is 232 Å². The lowest BCUT2D eigenvalue weighted by molar-refractivity contribution is 0.0929. The van der Waals surface area contributed by atoms with Crippen molar-refractivity contribution in [1.29, 1.82) is 0 Å². The fraction of sp³-hybridized carbons (Fsp3) is 0.176. The monoisotopic (exact) mass is 532 g/mol. The van der Waals surface area contributed by atoms with E-state index < -0.39 is 0 Å². The fourth-order valence-electron chi connectivity index (χ4n) is 5.23. The number of rotatable bonds is 7. The van der Waals surface area contributed by atoms with Crippen LogP contribution in [-0.4, -0.2) is 18.9 Å². The van der Waals surface area contributed by atoms with Gasteiger partial charge in [0.2, 0.25) is 0 Å². The molecule has 2 amide bonds. The van der Waals surface area contributed by atoms with E-state index in [1.54, 1.807) is 19.2 Å². The van der Waals surface area contributed by atoms with Gasteiger partial charge in [-0.15, -0.1) is 0 Å². The number of carbonyl (C=O) groups excluding carboxylic acids is 2. The van der Waals surface area contributed by atoms with Crippen LogP contribution in [0.1, 0.15) is 51.6 Å². The number of benzene rings is 4. The third kappa shape index (κ3) is 4.66. The average molecular weight is 533 g/mol. The zero-order chi connectivity index (χ0) is 27.9. The van der Waals surface area contributed by atoms with Gasteiger partial charge in [0, 0.05) is 23.6 Å². The minimum atomic E-state index is -0.366. The molecule has 0 radical (unpaired) electrons. The molecule has 0 unspecified atom stereocenters. The first-order valence-corrected chi connectivity index (χ1v) is 13.5. The third-order valence-corrected chi connectivity index (χ3v) is 7.72. The second-order valence-corrected chi connectivity index (χ2v) is 10.3. The quantitative estimate of drug-likeness (QED) is 0.232. The van der Waals surface area contributed by atoms with Crippen LogP contribution < -0.4 is 10.6 Å². The highest BCUT2D eigenvalue weighted by molar-refractivity contribution is 6.12. The van der Waals surface area contributed by atoms with Crippen molar-refractivity contribution in [3.05, 3.63) is 119 Å². The minimum absolute atomic E-state index is 0.118. The van der Waals surface area contributed by atoms with E-state index in [0.29, 0.717) is 33.4 Å². The zero-order valence-corrected chi connectivity index (χ0v) is 22.4. The molecule has 1 aromatic heterocycles. The van der Waals surface area contributed by atoms with Gasteiger partial charge in [-0.05, 0) is 90.0 Å². The van der Waals surface area contributed by atoms with E-state index in [1.807, 2.05) is 42.5 Å². The van der Waals surface area contributed by atoms with E-state index >= 15 is 0 Å². The van der Waals surface area contributed by atoms with Crippen LogP contribution in [0.4, 0.5) is 4.39 Å². The Morgan fingerprint density at radius 2 is 1.55 bits per heavy atom. The highest BCUT2D eigenvalue weighted by atomic mass is 19.1. The number of nitrogens with one attached hydrogen (secondary N) is 2. The molecule has 1 fully saturated rings. The maximum absolute atomic E-state index is 13.5. The van der Waals surface area contributed by atoms with Crippen molar-refractivity contribution >= 4 is 22.8 Å². The topological polar surface area (TPSA) is 71.3 Å². The average Bonchev–Trinajstić information content (AvgIpc) is 3.68. The highest BCUT2D eigenvalue weighted by Crippen LogP contribution is 2.46. The number of hydrogen-bond acceptors (Lipinski definition) is 3. The number of amides is 2. The lowest BCUT2D eigenvalue weighted by atomic mass is 9.98. The van der Waals surface area contributed by atoms with Gasteiger partial charge in [0.25, 0.3) is 11.8 Å². The summed E-state index contributed by atoms with van der Waals surface area (Å²) in [4.78, 5) is 26.3. The van der Waals surface area contributed by atoms with Crippen LogP contribution in [-0.2, 0) is 12.0 Å². The van der Waals surface area contributed by atoms with E-state index in [4.69, 9.17) is 4.42 Å². The summed E-state index contributed by atoms with van der Waals surface area (Å²) in [5, 5.41) is 6.59. The highest BCUT2D eigenvalue weighted by Gasteiger charge is 2.45. The first-order valence-electron chi connectivity index (χ1n) is 13.5. The Balaban J connectivity index is 1.32. The SMILES string of the molecule is CCc1ccc(C2(NC(=O)c3cccc(-c4ccc5oc(-c6ccc(F)cc6)c(C(=O)NC)c5c4)c3)CC2)cc1. The summed E-state index contributed by atoms with van der Waals surface area (Å²) in [7, 11) is 1.56. The summed E-state index contributed by atoms with van der Waals surface area (Å²) in [5.41, 5.74) is 5.89. The van der Waals surface area contributed by atoms with Crippen LogP contribution in [0.3, 0.4) is 0 Å². The minimum Gasteiger partial charge on any atom is -0.455 e. The molecule has 6 heteroatoms. The van der Waals surface area contributed by atoms with Gasteiger partial charge < -0.3 is 15.1 Å². The molecule has 5 aromatic rings. The Kier molecular flexibility index (Phi) is 6.46. The summed E-state index contributed by atoms with van der Waals surface area (Å²) in [6.07, 6.45) is 2.81. The zero-order valence-electron chi connectivity index (χ0n) is 22.4. The van der Waals surface area contributed by atoms with Crippen molar-refractivity contribution in [3.63, 3.8) is 0 Å². The second kappa shape index (κ2) is 10.1.